The Balaban J connectivity index is 1.30. The molecule has 7 aromatic rings. The summed E-state index contributed by atoms with van der Waals surface area (Å²) in [5, 5.41) is 0. The van der Waals surface area contributed by atoms with Crippen LogP contribution >= 0.6 is 0 Å². The first-order valence-electron chi connectivity index (χ1n) is 17.0. The number of fused-ring (bicyclic) bond motifs is 6. The SMILES string of the molecule is CC1(C)c2ccccc2-c2cc(-c3nc(-c4ccccc4)nc(N(c4ccccc4)c4cccc5c4-c4ccccc4C5(C)C)n3)ccc21. The molecule has 0 saturated carbocycles. The van der Waals surface area contributed by atoms with Crippen molar-refractivity contribution in [2.75, 3.05) is 4.90 Å². The highest BCUT2D eigenvalue weighted by Gasteiger charge is 2.38. The Morgan fingerprint density at radius 2 is 0.980 bits per heavy atom. The number of nitrogens with zero attached hydrogens (tertiary/aromatic N) is 4. The molecule has 1 heterocycles. The lowest BCUT2D eigenvalue weighted by molar-refractivity contribution is 0.660. The van der Waals surface area contributed by atoms with Gasteiger partial charge in [0.15, 0.2) is 11.6 Å². The largest absolute Gasteiger partial charge is 0.278 e. The van der Waals surface area contributed by atoms with Crippen LogP contribution in [0.15, 0.2) is 146 Å². The van der Waals surface area contributed by atoms with Crippen molar-refractivity contribution < 1.29 is 0 Å². The second-order valence-corrected chi connectivity index (χ2v) is 14.1. The topological polar surface area (TPSA) is 41.9 Å². The van der Waals surface area contributed by atoms with Crippen LogP contribution in [0.2, 0.25) is 0 Å². The number of aromatic nitrogens is 3. The minimum atomic E-state index is -0.141. The Labute approximate surface area is 287 Å². The second kappa shape index (κ2) is 10.8. The van der Waals surface area contributed by atoms with Gasteiger partial charge in [-0.2, -0.15) is 9.97 Å². The Kier molecular flexibility index (Phi) is 6.47. The number of hydrogen-bond acceptors (Lipinski definition) is 4. The summed E-state index contributed by atoms with van der Waals surface area (Å²) in [6.07, 6.45) is 0. The van der Waals surface area contributed by atoms with Gasteiger partial charge in [0.25, 0.3) is 0 Å². The fourth-order valence-corrected chi connectivity index (χ4v) is 8.03. The van der Waals surface area contributed by atoms with Crippen molar-refractivity contribution in [1.29, 1.82) is 0 Å². The van der Waals surface area contributed by atoms with Crippen molar-refractivity contribution in [3.8, 4) is 45.0 Å². The van der Waals surface area contributed by atoms with E-state index in [-0.39, 0.29) is 10.8 Å². The van der Waals surface area contributed by atoms with Crippen molar-refractivity contribution >= 4 is 17.3 Å². The molecule has 0 bridgehead atoms. The molecule has 0 fully saturated rings. The maximum absolute atomic E-state index is 5.32. The Morgan fingerprint density at radius 1 is 0.429 bits per heavy atom. The van der Waals surface area contributed by atoms with E-state index in [1.807, 2.05) is 24.3 Å². The summed E-state index contributed by atoms with van der Waals surface area (Å²) in [4.78, 5) is 17.9. The minimum absolute atomic E-state index is 0.0776. The van der Waals surface area contributed by atoms with Crippen LogP contribution in [0.25, 0.3) is 45.0 Å². The van der Waals surface area contributed by atoms with Gasteiger partial charge in [0.05, 0.1) is 5.69 Å². The van der Waals surface area contributed by atoms with Crippen LogP contribution in [0.1, 0.15) is 49.9 Å². The van der Waals surface area contributed by atoms with Crippen LogP contribution < -0.4 is 4.90 Å². The van der Waals surface area contributed by atoms with E-state index in [1.54, 1.807) is 0 Å². The minimum Gasteiger partial charge on any atom is -0.278 e. The van der Waals surface area contributed by atoms with E-state index in [1.165, 1.54) is 44.5 Å². The van der Waals surface area contributed by atoms with Gasteiger partial charge in [0.2, 0.25) is 5.95 Å². The van der Waals surface area contributed by atoms with E-state index in [0.29, 0.717) is 17.6 Å². The fourth-order valence-electron chi connectivity index (χ4n) is 8.03. The van der Waals surface area contributed by atoms with E-state index in [2.05, 4.69) is 154 Å². The van der Waals surface area contributed by atoms with Crippen LogP contribution in [0.3, 0.4) is 0 Å². The maximum atomic E-state index is 5.32. The summed E-state index contributed by atoms with van der Waals surface area (Å²) in [7, 11) is 0. The van der Waals surface area contributed by atoms with Gasteiger partial charge in [0, 0.05) is 33.2 Å². The van der Waals surface area contributed by atoms with Gasteiger partial charge in [-0.1, -0.05) is 149 Å². The molecule has 0 N–H and O–H groups in total. The number of rotatable bonds is 5. The molecule has 0 atom stereocenters. The third kappa shape index (κ3) is 4.48. The van der Waals surface area contributed by atoms with E-state index in [4.69, 9.17) is 15.0 Å². The number of para-hydroxylation sites is 1. The smallest absolute Gasteiger partial charge is 0.238 e. The quantitative estimate of drug-likeness (QED) is 0.189. The average Bonchev–Trinajstić information content (AvgIpc) is 3.52. The third-order valence-corrected chi connectivity index (χ3v) is 10.5. The molecule has 2 aliphatic rings. The zero-order chi connectivity index (χ0) is 33.3. The van der Waals surface area contributed by atoms with E-state index in [9.17, 15) is 0 Å². The number of anilines is 3. The van der Waals surface area contributed by atoms with Gasteiger partial charge < -0.3 is 0 Å². The molecule has 2 aliphatic carbocycles. The Hall–Kier alpha value is -5.87. The molecule has 0 saturated heterocycles. The summed E-state index contributed by atoms with van der Waals surface area (Å²) in [6, 6.07) is 51.5. The van der Waals surface area contributed by atoms with Crippen LogP contribution in [0, 0.1) is 0 Å². The second-order valence-electron chi connectivity index (χ2n) is 14.1. The normalized spacial score (nSPS) is 14.4. The molecule has 6 aromatic carbocycles. The summed E-state index contributed by atoms with van der Waals surface area (Å²) in [6.45, 7) is 9.25. The molecular weight excluding hydrogens is 597 g/mol. The maximum Gasteiger partial charge on any atom is 0.238 e. The summed E-state index contributed by atoms with van der Waals surface area (Å²) in [5.41, 5.74) is 14.0. The highest BCUT2D eigenvalue weighted by Crippen LogP contribution is 2.54. The molecule has 49 heavy (non-hydrogen) atoms. The summed E-state index contributed by atoms with van der Waals surface area (Å²) < 4.78 is 0. The average molecular weight is 633 g/mol. The van der Waals surface area contributed by atoms with Crippen molar-refractivity contribution in [2.24, 2.45) is 0 Å². The molecular formula is C45H36N4. The van der Waals surface area contributed by atoms with Gasteiger partial charge in [-0.25, -0.2) is 4.98 Å². The van der Waals surface area contributed by atoms with Crippen molar-refractivity contribution in [2.45, 2.75) is 38.5 Å². The van der Waals surface area contributed by atoms with Crippen LogP contribution in [-0.4, -0.2) is 15.0 Å². The zero-order valence-electron chi connectivity index (χ0n) is 28.1. The molecule has 4 nitrogen and oxygen atoms in total. The summed E-state index contributed by atoms with van der Waals surface area (Å²) in [5.74, 6) is 1.85. The lowest BCUT2D eigenvalue weighted by atomic mass is 9.82. The molecule has 0 radical (unpaired) electrons. The van der Waals surface area contributed by atoms with Crippen molar-refractivity contribution in [1.82, 2.24) is 15.0 Å². The monoisotopic (exact) mass is 632 g/mol. The predicted octanol–water partition coefficient (Wildman–Crippen LogP) is 11.3. The molecule has 9 rings (SSSR count). The van der Waals surface area contributed by atoms with E-state index >= 15 is 0 Å². The molecule has 0 spiro atoms. The Morgan fingerprint density at radius 3 is 1.71 bits per heavy atom. The van der Waals surface area contributed by atoms with Gasteiger partial charge in [-0.3, -0.25) is 4.90 Å². The molecule has 4 heteroatoms. The van der Waals surface area contributed by atoms with Gasteiger partial charge in [0.1, 0.15) is 0 Å². The molecule has 0 amide bonds. The van der Waals surface area contributed by atoms with Gasteiger partial charge in [-0.15, -0.1) is 0 Å². The zero-order valence-corrected chi connectivity index (χ0v) is 28.1. The fraction of sp³-hybridized carbons (Fsp3) is 0.133. The Bertz CT molecular complexity index is 2390. The van der Waals surface area contributed by atoms with Crippen molar-refractivity contribution in [3.05, 3.63) is 168 Å². The molecule has 1 aromatic heterocycles. The first-order valence-corrected chi connectivity index (χ1v) is 17.0. The van der Waals surface area contributed by atoms with E-state index in [0.717, 1.165) is 22.5 Å². The molecule has 0 unspecified atom stereocenters. The third-order valence-electron chi connectivity index (χ3n) is 10.5. The van der Waals surface area contributed by atoms with Crippen LogP contribution in [0.4, 0.5) is 17.3 Å². The van der Waals surface area contributed by atoms with Gasteiger partial charge >= 0.3 is 0 Å². The lowest BCUT2D eigenvalue weighted by Gasteiger charge is -2.27. The predicted molar refractivity (Wildman–Crippen MR) is 201 cm³/mol. The number of benzene rings is 6. The standard InChI is InChI=1S/C45H36N4/c1-44(2)35-22-13-11-20-32(35)34-28-30(26-27-37(34)44)42-46-41(29-16-7-5-8-17-29)47-43(48-42)49(31-18-9-6-10-19-31)39-25-15-24-38-40(39)33-21-12-14-23-36(33)45(38,3)4/h5-28H,1-4H3. The first kappa shape index (κ1) is 29.3. The van der Waals surface area contributed by atoms with Crippen molar-refractivity contribution in [3.63, 3.8) is 0 Å². The molecule has 0 aliphatic heterocycles. The highest BCUT2D eigenvalue weighted by atomic mass is 15.3. The van der Waals surface area contributed by atoms with E-state index < -0.39 is 0 Å². The van der Waals surface area contributed by atoms with Crippen LogP contribution in [-0.2, 0) is 10.8 Å². The lowest BCUT2D eigenvalue weighted by Crippen LogP contribution is -2.18. The highest BCUT2D eigenvalue weighted by molar-refractivity contribution is 5.94. The van der Waals surface area contributed by atoms with Crippen LogP contribution in [0.5, 0.6) is 0 Å². The number of hydrogen-bond donors (Lipinski definition) is 0. The molecule has 236 valence electrons. The summed E-state index contributed by atoms with van der Waals surface area (Å²) >= 11 is 0. The first-order chi connectivity index (χ1) is 23.8. The van der Waals surface area contributed by atoms with Gasteiger partial charge in [-0.05, 0) is 63.2 Å².